The van der Waals surface area contributed by atoms with Gasteiger partial charge in [0.25, 0.3) is 0 Å². The molecule has 2 aliphatic rings. The molecule has 0 aromatic heterocycles. The normalized spacial score (nSPS) is 26.8. The van der Waals surface area contributed by atoms with Crippen molar-refractivity contribution in [3.05, 3.63) is 34.9 Å². The first kappa shape index (κ1) is 21.5. The van der Waals surface area contributed by atoms with Crippen LogP contribution >= 0.6 is 0 Å². The minimum Gasteiger partial charge on any atom is -0.376 e. The van der Waals surface area contributed by atoms with Gasteiger partial charge in [-0.15, -0.1) is 0 Å². The Morgan fingerprint density at radius 1 is 1.41 bits per heavy atom. The summed E-state index contributed by atoms with van der Waals surface area (Å²) in [5, 5.41) is 19.0. The third-order valence-electron chi connectivity index (χ3n) is 6.25. The predicted octanol–water partition coefficient (Wildman–Crippen LogP) is 3.30. The molecule has 1 aromatic rings. The van der Waals surface area contributed by atoms with E-state index in [1.165, 1.54) is 0 Å². The van der Waals surface area contributed by atoms with Gasteiger partial charge < -0.3 is 20.5 Å². The van der Waals surface area contributed by atoms with E-state index in [9.17, 15) is 19.1 Å². The van der Waals surface area contributed by atoms with Crippen molar-refractivity contribution in [1.29, 1.82) is 5.26 Å². The molecule has 2 aliphatic carbocycles. The maximum atomic E-state index is 12.6. The summed E-state index contributed by atoms with van der Waals surface area (Å²) < 4.78 is 30.0. The molecule has 0 radical (unpaired) electrons. The van der Waals surface area contributed by atoms with E-state index in [2.05, 4.69) is 6.07 Å². The second-order valence-corrected chi connectivity index (χ2v) is 8.26. The van der Waals surface area contributed by atoms with Crippen LogP contribution in [0.4, 0.5) is 8.78 Å². The van der Waals surface area contributed by atoms with Crippen LogP contribution in [-0.2, 0) is 11.2 Å². The fourth-order valence-electron chi connectivity index (χ4n) is 4.70. The van der Waals surface area contributed by atoms with Crippen LogP contribution in [0, 0.1) is 16.7 Å². The first-order valence-corrected chi connectivity index (χ1v) is 9.97. The van der Waals surface area contributed by atoms with E-state index < -0.39 is 12.7 Å². The van der Waals surface area contributed by atoms with E-state index >= 15 is 0 Å². The fourth-order valence-corrected chi connectivity index (χ4v) is 4.70. The lowest BCUT2D eigenvalue weighted by Gasteiger charge is -2.40. The van der Waals surface area contributed by atoms with Gasteiger partial charge in [0.2, 0.25) is 0 Å². The Kier molecular flexibility index (Phi) is 6.39. The zero-order valence-electron chi connectivity index (χ0n) is 16.8. The number of fused-ring (bicyclic) bond motifs is 1. The molecule has 0 saturated heterocycles. The minimum absolute atomic E-state index is 0.0267. The molecular formula is C21H28F2N4O2. The molecule has 1 spiro atoms. The highest BCUT2D eigenvalue weighted by Gasteiger charge is 2.48. The van der Waals surface area contributed by atoms with E-state index in [1.807, 2.05) is 26.0 Å². The van der Waals surface area contributed by atoms with Crippen molar-refractivity contribution in [2.45, 2.75) is 70.8 Å². The van der Waals surface area contributed by atoms with Gasteiger partial charge in [0.15, 0.2) is 5.96 Å². The first-order valence-electron chi connectivity index (χ1n) is 9.97. The summed E-state index contributed by atoms with van der Waals surface area (Å²) in [5.41, 5.74) is 8.62. The summed E-state index contributed by atoms with van der Waals surface area (Å²) in [6.07, 6.45) is 2.74. The van der Waals surface area contributed by atoms with Crippen LogP contribution in [0.15, 0.2) is 23.2 Å². The largest absolute Gasteiger partial charge is 0.376 e. The van der Waals surface area contributed by atoms with Crippen LogP contribution in [0.5, 0.6) is 0 Å². The number of ether oxygens (including phenoxy) is 1. The molecular weight excluding hydrogens is 378 g/mol. The van der Waals surface area contributed by atoms with Gasteiger partial charge in [-0.25, -0.2) is 4.99 Å². The molecule has 158 valence electrons. The summed E-state index contributed by atoms with van der Waals surface area (Å²) in [4.78, 5) is 6.41. The smallest absolute Gasteiger partial charge is 0.345 e. The highest BCUT2D eigenvalue weighted by molar-refractivity contribution is 5.78. The summed E-state index contributed by atoms with van der Waals surface area (Å²) in [6.45, 7) is 0.818. The Labute approximate surface area is 170 Å². The molecule has 29 heavy (non-hydrogen) atoms. The molecule has 0 amide bonds. The average molecular weight is 406 g/mol. The Morgan fingerprint density at radius 2 is 2.10 bits per heavy atom. The highest BCUT2D eigenvalue weighted by Crippen LogP contribution is 2.56. The molecule has 1 unspecified atom stereocenters. The topological polar surface area (TPSA) is 94.9 Å². The van der Waals surface area contributed by atoms with E-state index in [1.54, 1.807) is 11.0 Å². The van der Waals surface area contributed by atoms with Gasteiger partial charge >= 0.3 is 6.61 Å². The zero-order valence-corrected chi connectivity index (χ0v) is 16.8. The quantitative estimate of drug-likeness (QED) is 0.444. The maximum absolute atomic E-state index is 12.6. The van der Waals surface area contributed by atoms with Crippen LogP contribution in [0.1, 0.15) is 62.3 Å². The maximum Gasteiger partial charge on any atom is 0.345 e. The van der Waals surface area contributed by atoms with Crippen molar-refractivity contribution in [1.82, 2.24) is 4.90 Å². The number of aliphatic hydroxyl groups is 1. The third-order valence-corrected chi connectivity index (χ3v) is 6.25. The molecule has 1 atom stereocenters. The van der Waals surface area contributed by atoms with Crippen LogP contribution in [-0.4, -0.2) is 41.5 Å². The predicted molar refractivity (Wildman–Crippen MR) is 105 cm³/mol. The van der Waals surface area contributed by atoms with Gasteiger partial charge in [0.1, 0.15) is 6.73 Å². The molecule has 1 aromatic carbocycles. The number of aliphatic imine (C=N–C) groups is 1. The average Bonchev–Trinajstić information content (AvgIpc) is 2.96. The summed E-state index contributed by atoms with van der Waals surface area (Å²) in [7, 11) is 0. The highest BCUT2D eigenvalue weighted by atomic mass is 19.3. The molecule has 1 fully saturated rings. The van der Waals surface area contributed by atoms with E-state index in [0.29, 0.717) is 31.2 Å². The van der Waals surface area contributed by atoms with Crippen LogP contribution < -0.4 is 5.73 Å². The zero-order chi connectivity index (χ0) is 21.2. The lowest BCUT2D eigenvalue weighted by atomic mass is 9.68. The van der Waals surface area contributed by atoms with Gasteiger partial charge in [0.05, 0.1) is 23.8 Å². The Morgan fingerprint density at radius 3 is 2.66 bits per heavy atom. The fraction of sp³-hybridized carbons (Fsp3) is 0.619. The number of alkyl halides is 2. The number of hydrogen-bond donors (Lipinski definition) is 2. The number of hydrogen-bond acceptors (Lipinski definition) is 4. The van der Waals surface area contributed by atoms with Gasteiger partial charge in [-0.05, 0) is 69.2 Å². The SMILES string of the molecule is CC(C)N(CO)C(N)=NC1c2cc(C#N)ccc2CC12CCC(OC(F)F)CC2. The van der Waals surface area contributed by atoms with E-state index in [4.69, 9.17) is 15.5 Å². The van der Waals surface area contributed by atoms with Gasteiger partial charge in [-0.3, -0.25) is 0 Å². The molecule has 0 heterocycles. The van der Waals surface area contributed by atoms with Crippen LogP contribution in [0.3, 0.4) is 0 Å². The number of rotatable bonds is 5. The lowest BCUT2D eigenvalue weighted by Crippen LogP contribution is -2.44. The molecule has 8 heteroatoms. The van der Waals surface area contributed by atoms with Crippen molar-refractivity contribution in [2.24, 2.45) is 16.1 Å². The lowest BCUT2D eigenvalue weighted by molar-refractivity contribution is -0.175. The standard InChI is InChI=1S/C21H28F2N4O2/c1-13(2)27(12-28)20(25)26-18-17-9-14(11-24)3-4-15(17)10-21(18)7-5-16(6-8-21)29-19(22)23/h3-4,9,13,16,18-19,28H,5-8,10,12H2,1-2H3,(H2,25,26). The van der Waals surface area contributed by atoms with E-state index in [-0.39, 0.29) is 30.2 Å². The number of guanidine groups is 1. The van der Waals surface area contributed by atoms with Gasteiger partial charge in [-0.2, -0.15) is 14.0 Å². The van der Waals surface area contributed by atoms with Crippen LogP contribution in [0.2, 0.25) is 0 Å². The molecule has 0 aliphatic heterocycles. The summed E-state index contributed by atoms with van der Waals surface area (Å²) in [5.74, 6) is 0.244. The van der Waals surface area contributed by atoms with Crippen molar-refractivity contribution in [3.8, 4) is 6.07 Å². The van der Waals surface area contributed by atoms with Crippen molar-refractivity contribution < 1.29 is 18.6 Å². The van der Waals surface area contributed by atoms with Crippen molar-refractivity contribution >= 4 is 5.96 Å². The number of aliphatic hydroxyl groups excluding tert-OH is 1. The molecule has 3 rings (SSSR count). The number of halogens is 2. The monoisotopic (exact) mass is 406 g/mol. The van der Waals surface area contributed by atoms with Gasteiger partial charge in [0, 0.05) is 11.5 Å². The number of nitrogens with two attached hydrogens (primary N) is 1. The van der Waals surface area contributed by atoms with E-state index in [0.717, 1.165) is 17.5 Å². The molecule has 1 saturated carbocycles. The number of benzene rings is 1. The molecule has 3 N–H and O–H groups in total. The minimum atomic E-state index is -2.76. The number of nitrogens with zero attached hydrogens (tertiary/aromatic N) is 3. The van der Waals surface area contributed by atoms with Gasteiger partial charge in [-0.1, -0.05) is 6.07 Å². The third kappa shape index (κ3) is 4.36. The molecule has 6 nitrogen and oxygen atoms in total. The number of nitriles is 1. The Bertz CT molecular complexity index is 798. The molecule has 0 bridgehead atoms. The first-order chi connectivity index (χ1) is 13.8. The summed E-state index contributed by atoms with van der Waals surface area (Å²) >= 11 is 0. The van der Waals surface area contributed by atoms with Crippen molar-refractivity contribution in [2.75, 3.05) is 6.73 Å². The summed E-state index contributed by atoms with van der Waals surface area (Å²) in [6, 6.07) is 7.46. The second kappa shape index (κ2) is 8.64. The Hall–Kier alpha value is -2.24. The second-order valence-electron chi connectivity index (χ2n) is 8.26. The van der Waals surface area contributed by atoms with Crippen molar-refractivity contribution in [3.63, 3.8) is 0 Å². The Balaban J connectivity index is 1.95. The van der Waals surface area contributed by atoms with Crippen LogP contribution in [0.25, 0.3) is 0 Å².